The molecule has 4 heteroatoms. The van der Waals surface area contributed by atoms with E-state index < -0.39 is 11.7 Å². The Balaban J connectivity index is 2.58. The van der Waals surface area contributed by atoms with Crippen molar-refractivity contribution in [2.75, 3.05) is 13.2 Å². The van der Waals surface area contributed by atoms with Gasteiger partial charge in [-0.25, -0.2) is 0 Å². The first kappa shape index (κ1) is 7.94. The molecule has 1 rings (SSSR count). The van der Waals surface area contributed by atoms with Gasteiger partial charge in [0.05, 0.1) is 12.6 Å². The van der Waals surface area contributed by atoms with Crippen molar-refractivity contribution < 1.29 is 15.3 Å². The lowest BCUT2D eigenvalue weighted by atomic mass is 10.00. The predicted octanol–water partition coefficient (Wildman–Crippen LogP) is -1.94. The second kappa shape index (κ2) is 2.47. The zero-order chi connectivity index (χ0) is 7.78. The quantitative estimate of drug-likeness (QED) is 0.348. The lowest BCUT2D eigenvalue weighted by Crippen LogP contribution is -2.42. The minimum atomic E-state index is -1.09. The fraction of sp³-hybridized carbons (Fsp3) is 1.00. The number of β-amino-alcohol motifs (C(OH)–C–C–N with tert-alkyl or cyclic N) is 1. The molecule has 1 fully saturated rings. The Kier molecular flexibility index (Phi) is 1.96. The van der Waals surface area contributed by atoms with Crippen LogP contribution in [0.4, 0.5) is 0 Å². The first-order chi connectivity index (χ1) is 4.58. The fourth-order valence-electron chi connectivity index (χ4n) is 1.15. The largest absolute Gasteiger partial charge is 0.395 e. The molecule has 1 aliphatic rings. The molecule has 0 aromatic carbocycles. The van der Waals surface area contributed by atoms with Crippen LogP contribution in [0.1, 0.15) is 6.92 Å². The summed E-state index contributed by atoms with van der Waals surface area (Å²) < 4.78 is 0. The molecule has 0 saturated carbocycles. The third kappa shape index (κ3) is 1.15. The summed E-state index contributed by atoms with van der Waals surface area (Å²) in [6.07, 6.45) is -0.863. The van der Waals surface area contributed by atoms with Gasteiger partial charge in [-0.15, -0.1) is 0 Å². The smallest absolute Gasteiger partial charge is 0.102 e. The molecule has 0 spiro atoms. The van der Waals surface area contributed by atoms with Gasteiger partial charge in [0.15, 0.2) is 0 Å². The number of aliphatic hydroxyl groups excluding tert-OH is 2. The summed E-state index contributed by atoms with van der Waals surface area (Å²) in [6, 6.07) is -0.380. The van der Waals surface area contributed by atoms with E-state index >= 15 is 0 Å². The SMILES string of the molecule is C[C@]1(O)CN[C@H](CO)[C@H]1O. The summed E-state index contributed by atoms with van der Waals surface area (Å²) in [5.41, 5.74) is -1.09. The molecule has 60 valence electrons. The predicted molar refractivity (Wildman–Crippen MR) is 35.5 cm³/mol. The Morgan fingerprint density at radius 2 is 2.30 bits per heavy atom. The Labute approximate surface area is 59.5 Å². The van der Waals surface area contributed by atoms with Gasteiger partial charge < -0.3 is 20.6 Å². The van der Waals surface area contributed by atoms with Crippen LogP contribution in [0.25, 0.3) is 0 Å². The molecule has 3 atom stereocenters. The van der Waals surface area contributed by atoms with Gasteiger partial charge in [-0.1, -0.05) is 0 Å². The van der Waals surface area contributed by atoms with Crippen LogP contribution < -0.4 is 5.32 Å². The second-order valence-electron chi connectivity index (χ2n) is 2.97. The molecule has 0 amide bonds. The average Bonchev–Trinajstić information content (AvgIpc) is 2.10. The molecule has 0 aromatic rings. The van der Waals surface area contributed by atoms with Crippen LogP contribution in [0.5, 0.6) is 0 Å². The number of aliphatic hydroxyl groups is 3. The minimum absolute atomic E-state index is 0.142. The van der Waals surface area contributed by atoms with Crippen molar-refractivity contribution in [1.29, 1.82) is 0 Å². The molecule has 4 nitrogen and oxygen atoms in total. The van der Waals surface area contributed by atoms with Crippen LogP contribution >= 0.6 is 0 Å². The highest BCUT2D eigenvalue weighted by Crippen LogP contribution is 2.18. The number of nitrogens with one attached hydrogen (secondary N) is 1. The molecule has 0 bridgehead atoms. The maximum absolute atomic E-state index is 9.34. The van der Waals surface area contributed by atoms with E-state index in [2.05, 4.69) is 5.32 Å². The van der Waals surface area contributed by atoms with Gasteiger partial charge in [0.2, 0.25) is 0 Å². The Morgan fingerprint density at radius 3 is 2.50 bits per heavy atom. The van der Waals surface area contributed by atoms with Crippen molar-refractivity contribution in [3.8, 4) is 0 Å². The maximum atomic E-state index is 9.34. The van der Waals surface area contributed by atoms with Gasteiger partial charge in [-0.3, -0.25) is 0 Å². The van der Waals surface area contributed by atoms with Crippen LogP contribution in [0, 0.1) is 0 Å². The van der Waals surface area contributed by atoms with Crippen molar-refractivity contribution in [3.05, 3.63) is 0 Å². The molecule has 0 aliphatic carbocycles. The summed E-state index contributed by atoms with van der Waals surface area (Å²) in [4.78, 5) is 0. The second-order valence-corrected chi connectivity index (χ2v) is 2.97. The summed E-state index contributed by atoms with van der Waals surface area (Å²) in [6.45, 7) is 1.73. The summed E-state index contributed by atoms with van der Waals surface area (Å²) >= 11 is 0. The Morgan fingerprint density at radius 1 is 1.70 bits per heavy atom. The van der Waals surface area contributed by atoms with Gasteiger partial charge in [0.1, 0.15) is 11.7 Å². The van der Waals surface area contributed by atoms with Crippen molar-refractivity contribution in [2.45, 2.75) is 24.7 Å². The third-order valence-electron chi connectivity index (χ3n) is 1.94. The molecule has 1 aliphatic heterocycles. The lowest BCUT2D eigenvalue weighted by molar-refractivity contribution is -0.0411. The van der Waals surface area contributed by atoms with Crippen LogP contribution in [0.15, 0.2) is 0 Å². The monoisotopic (exact) mass is 147 g/mol. The van der Waals surface area contributed by atoms with Gasteiger partial charge >= 0.3 is 0 Å². The zero-order valence-electron chi connectivity index (χ0n) is 5.91. The Bertz CT molecular complexity index is 126. The molecule has 0 unspecified atom stereocenters. The van der Waals surface area contributed by atoms with Crippen molar-refractivity contribution in [2.24, 2.45) is 0 Å². The Hall–Kier alpha value is -0.160. The van der Waals surface area contributed by atoms with Gasteiger partial charge in [-0.2, -0.15) is 0 Å². The minimum Gasteiger partial charge on any atom is -0.395 e. The van der Waals surface area contributed by atoms with E-state index in [1.807, 2.05) is 0 Å². The molecule has 0 radical (unpaired) electrons. The van der Waals surface area contributed by atoms with Crippen LogP contribution in [0.3, 0.4) is 0 Å². The number of hydrogen-bond acceptors (Lipinski definition) is 4. The van der Waals surface area contributed by atoms with Crippen molar-refractivity contribution in [1.82, 2.24) is 5.32 Å². The van der Waals surface area contributed by atoms with E-state index in [9.17, 15) is 10.2 Å². The molecule has 1 heterocycles. The number of hydrogen-bond donors (Lipinski definition) is 4. The average molecular weight is 147 g/mol. The summed E-state index contributed by atoms with van der Waals surface area (Å²) in [7, 11) is 0. The molecule has 1 saturated heterocycles. The topological polar surface area (TPSA) is 72.7 Å². The maximum Gasteiger partial charge on any atom is 0.102 e. The van der Waals surface area contributed by atoms with Gasteiger partial charge in [-0.05, 0) is 6.92 Å². The van der Waals surface area contributed by atoms with Gasteiger partial charge in [0, 0.05) is 6.54 Å². The van der Waals surface area contributed by atoms with E-state index in [4.69, 9.17) is 5.11 Å². The fourth-order valence-corrected chi connectivity index (χ4v) is 1.15. The molecular weight excluding hydrogens is 134 g/mol. The van der Waals surface area contributed by atoms with Crippen molar-refractivity contribution in [3.63, 3.8) is 0 Å². The highest BCUT2D eigenvalue weighted by Gasteiger charge is 2.42. The molecule has 10 heavy (non-hydrogen) atoms. The van der Waals surface area contributed by atoms with Gasteiger partial charge in [0.25, 0.3) is 0 Å². The van der Waals surface area contributed by atoms with E-state index in [1.54, 1.807) is 6.92 Å². The first-order valence-corrected chi connectivity index (χ1v) is 3.32. The van der Waals surface area contributed by atoms with E-state index in [0.29, 0.717) is 6.54 Å². The first-order valence-electron chi connectivity index (χ1n) is 3.32. The lowest BCUT2D eigenvalue weighted by Gasteiger charge is -2.21. The van der Waals surface area contributed by atoms with Crippen molar-refractivity contribution >= 4 is 0 Å². The highest BCUT2D eigenvalue weighted by molar-refractivity contribution is 4.99. The summed E-state index contributed by atoms with van der Waals surface area (Å²) in [5, 5.41) is 30.0. The van der Waals surface area contributed by atoms with Crippen LogP contribution in [-0.2, 0) is 0 Å². The standard InChI is InChI=1S/C6H13NO3/c1-6(10)3-7-4(2-8)5(6)9/h4-5,7-10H,2-3H2,1H3/t4-,5-,6+/m1/s1. The normalized spacial score (nSPS) is 48.0. The molecule has 4 N–H and O–H groups in total. The highest BCUT2D eigenvalue weighted by atomic mass is 16.3. The van der Waals surface area contributed by atoms with E-state index in [0.717, 1.165) is 0 Å². The molecular formula is C6H13NO3. The number of rotatable bonds is 1. The van der Waals surface area contributed by atoms with Crippen LogP contribution in [0.2, 0.25) is 0 Å². The third-order valence-corrected chi connectivity index (χ3v) is 1.94. The van der Waals surface area contributed by atoms with Crippen LogP contribution in [-0.4, -0.2) is 46.2 Å². The van der Waals surface area contributed by atoms with E-state index in [1.165, 1.54) is 0 Å². The van der Waals surface area contributed by atoms with E-state index in [-0.39, 0.29) is 12.6 Å². The summed E-state index contributed by atoms with van der Waals surface area (Å²) in [5.74, 6) is 0. The molecule has 0 aromatic heterocycles. The zero-order valence-corrected chi connectivity index (χ0v) is 5.91.